The molecule has 4 heterocycles. The summed E-state index contributed by atoms with van der Waals surface area (Å²) >= 11 is 0. The second kappa shape index (κ2) is 8.47. The zero-order valence-electron chi connectivity index (χ0n) is 19.3. The maximum Gasteiger partial charge on any atom is 0.307 e. The molecular weight excluding hydrogens is 432 g/mol. The molecule has 0 unspecified atom stereocenters. The lowest BCUT2D eigenvalue weighted by Crippen LogP contribution is -2.23. The van der Waals surface area contributed by atoms with Gasteiger partial charge in [-0.1, -0.05) is 6.07 Å². The zero-order valence-corrected chi connectivity index (χ0v) is 19.3. The summed E-state index contributed by atoms with van der Waals surface area (Å²) in [6.45, 7) is 6.37. The third-order valence-corrected chi connectivity index (χ3v) is 5.80. The van der Waals surface area contributed by atoms with Crippen LogP contribution in [0.1, 0.15) is 33.1 Å². The van der Waals surface area contributed by atoms with Gasteiger partial charge in [0.05, 0.1) is 6.20 Å². The molecule has 10 heteroatoms. The van der Waals surface area contributed by atoms with Gasteiger partial charge in [-0.3, -0.25) is 9.48 Å². The Bertz CT molecular complexity index is 1510. The lowest BCUT2D eigenvalue weighted by atomic mass is 10.1. The monoisotopic (exact) mass is 456 g/mol. The van der Waals surface area contributed by atoms with Crippen molar-refractivity contribution in [3.05, 3.63) is 71.2 Å². The van der Waals surface area contributed by atoms with E-state index in [-0.39, 0.29) is 5.89 Å². The number of oxazole rings is 1. The van der Waals surface area contributed by atoms with Crippen molar-refractivity contribution in [3.8, 4) is 11.4 Å². The first kappa shape index (κ1) is 21.4. The van der Waals surface area contributed by atoms with Gasteiger partial charge in [-0.15, -0.1) is 0 Å². The molecule has 4 aromatic heterocycles. The highest BCUT2D eigenvalue weighted by Crippen LogP contribution is 2.24. The van der Waals surface area contributed by atoms with Gasteiger partial charge in [0.25, 0.3) is 5.89 Å². The van der Waals surface area contributed by atoms with Crippen molar-refractivity contribution in [1.82, 2.24) is 35.0 Å². The maximum absolute atomic E-state index is 12.7. The Kier molecular flexibility index (Phi) is 5.33. The molecule has 0 bridgehead atoms. The molecule has 0 spiro atoms. The molecule has 0 aliphatic heterocycles. The van der Waals surface area contributed by atoms with E-state index in [4.69, 9.17) is 4.42 Å². The molecule has 3 N–H and O–H groups in total. The van der Waals surface area contributed by atoms with Gasteiger partial charge in [0.1, 0.15) is 23.5 Å². The molecule has 0 aliphatic carbocycles. The average Bonchev–Trinajstić information content (AvgIpc) is 3.54. The van der Waals surface area contributed by atoms with Gasteiger partial charge in [-0.25, -0.2) is 15.0 Å². The predicted octanol–water partition coefficient (Wildman–Crippen LogP) is 3.95. The standard InChI is InChI=1S/C24H24N8O2/c1-13-10-26-24(30-20-7-8-27-32(20)4)31-21(13)19-12-34-23(29-19)22(33)25-11-16-5-6-18-17(9-16)14(2)15(3)28-18/h5-10,12,28H,11H2,1-4H3,(H,25,33)(H,26,30,31). The number of fused-ring (bicyclic) bond motifs is 1. The van der Waals surface area contributed by atoms with Gasteiger partial charge in [0.15, 0.2) is 0 Å². The van der Waals surface area contributed by atoms with Crippen molar-refractivity contribution in [1.29, 1.82) is 0 Å². The molecule has 0 saturated carbocycles. The van der Waals surface area contributed by atoms with Crippen LogP contribution in [0.5, 0.6) is 0 Å². The predicted molar refractivity (Wildman–Crippen MR) is 128 cm³/mol. The van der Waals surface area contributed by atoms with Crippen LogP contribution in [0.2, 0.25) is 0 Å². The molecule has 1 aromatic carbocycles. The number of benzene rings is 1. The molecule has 1 amide bonds. The van der Waals surface area contributed by atoms with Crippen molar-refractivity contribution >= 4 is 28.6 Å². The number of H-pyrrole nitrogens is 1. The highest BCUT2D eigenvalue weighted by Gasteiger charge is 2.17. The van der Waals surface area contributed by atoms with E-state index in [0.29, 0.717) is 23.9 Å². The van der Waals surface area contributed by atoms with Crippen molar-refractivity contribution in [2.45, 2.75) is 27.3 Å². The van der Waals surface area contributed by atoms with Crippen molar-refractivity contribution in [2.24, 2.45) is 7.05 Å². The molecule has 0 saturated heterocycles. The number of aromatic amines is 1. The van der Waals surface area contributed by atoms with Gasteiger partial charge in [-0.2, -0.15) is 5.10 Å². The van der Waals surface area contributed by atoms with E-state index in [0.717, 1.165) is 33.5 Å². The van der Waals surface area contributed by atoms with Gasteiger partial charge in [0.2, 0.25) is 5.95 Å². The van der Waals surface area contributed by atoms with Gasteiger partial charge < -0.3 is 20.0 Å². The molecule has 34 heavy (non-hydrogen) atoms. The molecular formula is C24H24N8O2. The second-order valence-electron chi connectivity index (χ2n) is 8.17. The minimum atomic E-state index is -0.395. The number of carbonyl (C=O) groups excluding carboxylic acids is 1. The first-order chi connectivity index (χ1) is 16.4. The number of nitrogens with one attached hydrogen (secondary N) is 3. The quantitative estimate of drug-likeness (QED) is 0.353. The van der Waals surface area contributed by atoms with E-state index in [1.807, 2.05) is 39.1 Å². The Morgan fingerprint density at radius 3 is 2.82 bits per heavy atom. The minimum Gasteiger partial charge on any atom is -0.440 e. The molecule has 172 valence electrons. The Balaban J connectivity index is 1.30. The summed E-state index contributed by atoms with van der Waals surface area (Å²) in [6, 6.07) is 7.91. The van der Waals surface area contributed by atoms with Crippen LogP contribution in [0.4, 0.5) is 11.8 Å². The fourth-order valence-electron chi connectivity index (χ4n) is 3.74. The molecule has 5 rings (SSSR count). The van der Waals surface area contributed by atoms with Crippen LogP contribution in [-0.4, -0.2) is 35.6 Å². The zero-order chi connectivity index (χ0) is 23.8. The SMILES string of the molecule is Cc1cnc(Nc2ccnn2C)nc1-c1coc(C(=O)NCc2ccc3[nH]c(C)c(C)c3c2)n1. The number of aryl methyl sites for hydroxylation is 4. The van der Waals surface area contributed by atoms with Crippen molar-refractivity contribution in [3.63, 3.8) is 0 Å². The fraction of sp³-hybridized carbons (Fsp3) is 0.208. The summed E-state index contributed by atoms with van der Waals surface area (Å²) in [4.78, 5) is 29.2. The Hall–Kier alpha value is -4.47. The third-order valence-electron chi connectivity index (χ3n) is 5.80. The first-order valence-corrected chi connectivity index (χ1v) is 10.8. The third kappa shape index (κ3) is 4.01. The van der Waals surface area contributed by atoms with Crippen LogP contribution in [-0.2, 0) is 13.6 Å². The minimum absolute atomic E-state index is 0.0242. The number of anilines is 2. The summed E-state index contributed by atoms with van der Waals surface area (Å²) in [6.07, 6.45) is 4.80. The number of aromatic nitrogens is 6. The van der Waals surface area contributed by atoms with Crippen molar-refractivity contribution < 1.29 is 9.21 Å². The summed E-state index contributed by atoms with van der Waals surface area (Å²) in [5.41, 5.74) is 6.26. The van der Waals surface area contributed by atoms with Crippen LogP contribution in [0, 0.1) is 20.8 Å². The normalized spacial score (nSPS) is 11.2. The summed E-state index contributed by atoms with van der Waals surface area (Å²) in [5, 5.41) is 11.3. The number of nitrogens with zero attached hydrogens (tertiary/aromatic N) is 5. The van der Waals surface area contributed by atoms with E-state index < -0.39 is 5.91 Å². The lowest BCUT2D eigenvalue weighted by molar-refractivity contribution is 0.0916. The Labute approximate surface area is 195 Å². The smallest absolute Gasteiger partial charge is 0.307 e. The molecule has 0 radical (unpaired) electrons. The number of hydrogen-bond donors (Lipinski definition) is 3. The highest BCUT2D eigenvalue weighted by atomic mass is 16.4. The molecule has 10 nitrogen and oxygen atoms in total. The van der Waals surface area contributed by atoms with E-state index in [9.17, 15) is 4.79 Å². The van der Waals surface area contributed by atoms with Crippen LogP contribution in [0.25, 0.3) is 22.3 Å². The van der Waals surface area contributed by atoms with Gasteiger partial charge in [0, 0.05) is 42.5 Å². The maximum atomic E-state index is 12.7. The Morgan fingerprint density at radius 1 is 1.18 bits per heavy atom. The highest BCUT2D eigenvalue weighted by molar-refractivity contribution is 5.90. The number of carbonyl (C=O) groups is 1. The Morgan fingerprint density at radius 2 is 2.03 bits per heavy atom. The van der Waals surface area contributed by atoms with E-state index >= 15 is 0 Å². The first-order valence-electron chi connectivity index (χ1n) is 10.8. The summed E-state index contributed by atoms with van der Waals surface area (Å²) in [5.74, 6) is 0.722. The molecule has 5 aromatic rings. The molecule has 0 atom stereocenters. The van der Waals surface area contributed by atoms with E-state index in [1.54, 1.807) is 17.1 Å². The van der Waals surface area contributed by atoms with Crippen LogP contribution >= 0.6 is 0 Å². The van der Waals surface area contributed by atoms with Crippen molar-refractivity contribution in [2.75, 3.05) is 5.32 Å². The van der Waals surface area contributed by atoms with Crippen LogP contribution in [0.15, 0.2) is 47.3 Å². The van der Waals surface area contributed by atoms with Gasteiger partial charge >= 0.3 is 5.91 Å². The van der Waals surface area contributed by atoms with Crippen LogP contribution in [0.3, 0.4) is 0 Å². The summed E-state index contributed by atoms with van der Waals surface area (Å²) < 4.78 is 7.14. The number of amides is 1. The topological polar surface area (TPSA) is 127 Å². The average molecular weight is 457 g/mol. The fourth-order valence-corrected chi connectivity index (χ4v) is 3.74. The summed E-state index contributed by atoms with van der Waals surface area (Å²) in [7, 11) is 1.82. The molecule has 0 aliphatic rings. The number of rotatable bonds is 6. The molecule has 0 fully saturated rings. The van der Waals surface area contributed by atoms with Crippen LogP contribution < -0.4 is 10.6 Å². The van der Waals surface area contributed by atoms with Gasteiger partial charge in [-0.05, 0) is 49.6 Å². The lowest BCUT2D eigenvalue weighted by Gasteiger charge is -2.07. The number of hydrogen-bond acceptors (Lipinski definition) is 7. The largest absolute Gasteiger partial charge is 0.440 e. The van der Waals surface area contributed by atoms with E-state index in [1.165, 1.54) is 11.8 Å². The van der Waals surface area contributed by atoms with E-state index in [2.05, 4.69) is 48.7 Å². The second-order valence-corrected chi connectivity index (χ2v) is 8.17.